The molecule has 1 aromatic heterocycles. The molecule has 0 unspecified atom stereocenters. The SMILES string of the molecule is Cc1nc2c(c(=O)[nH]1)-c1cc(S(=O)(=O)Nc3ccc([N+](=O)[O-])cc3)ccc1CC2. The molecule has 0 saturated carbocycles. The molecule has 3 aromatic rings. The molecule has 148 valence electrons. The summed E-state index contributed by atoms with van der Waals surface area (Å²) in [6, 6.07) is 9.72. The molecule has 0 atom stereocenters. The number of fused-ring (bicyclic) bond motifs is 3. The Morgan fingerprint density at radius 3 is 2.55 bits per heavy atom. The maximum Gasteiger partial charge on any atom is 0.269 e. The highest BCUT2D eigenvalue weighted by Crippen LogP contribution is 2.32. The number of rotatable bonds is 4. The number of aromatic amines is 1. The Labute approximate surface area is 165 Å². The van der Waals surface area contributed by atoms with Crippen LogP contribution in [0.25, 0.3) is 11.1 Å². The summed E-state index contributed by atoms with van der Waals surface area (Å²) in [7, 11) is -3.96. The van der Waals surface area contributed by atoms with Crippen molar-refractivity contribution in [2.75, 3.05) is 4.72 Å². The van der Waals surface area contributed by atoms with Gasteiger partial charge in [0.05, 0.1) is 21.1 Å². The van der Waals surface area contributed by atoms with Gasteiger partial charge < -0.3 is 4.98 Å². The van der Waals surface area contributed by atoms with Crippen molar-refractivity contribution in [2.24, 2.45) is 0 Å². The highest BCUT2D eigenvalue weighted by molar-refractivity contribution is 7.92. The monoisotopic (exact) mass is 412 g/mol. The lowest BCUT2D eigenvalue weighted by Crippen LogP contribution is -2.21. The number of nitrogens with zero attached hydrogens (tertiary/aromatic N) is 2. The first kappa shape index (κ1) is 18.8. The van der Waals surface area contributed by atoms with E-state index in [9.17, 15) is 23.3 Å². The van der Waals surface area contributed by atoms with Gasteiger partial charge in [-0.1, -0.05) is 6.07 Å². The number of nitrogens with one attached hydrogen (secondary N) is 2. The number of aryl methyl sites for hydroxylation is 3. The molecule has 29 heavy (non-hydrogen) atoms. The van der Waals surface area contributed by atoms with Crippen LogP contribution < -0.4 is 10.3 Å². The third kappa shape index (κ3) is 3.49. The molecule has 0 amide bonds. The van der Waals surface area contributed by atoms with Crippen molar-refractivity contribution in [1.29, 1.82) is 0 Å². The van der Waals surface area contributed by atoms with Gasteiger partial charge in [0.2, 0.25) is 0 Å². The van der Waals surface area contributed by atoms with E-state index in [1.165, 1.54) is 36.4 Å². The number of H-pyrrole nitrogens is 1. The molecule has 10 heteroatoms. The Kier molecular flexibility index (Phi) is 4.42. The molecule has 0 radical (unpaired) electrons. The lowest BCUT2D eigenvalue weighted by atomic mass is 9.89. The molecule has 4 rings (SSSR count). The predicted molar refractivity (Wildman–Crippen MR) is 106 cm³/mol. The Hall–Kier alpha value is -3.53. The maximum atomic E-state index is 12.8. The number of hydrogen-bond donors (Lipinski definition) is 2. The minimum absolute atomic E-state index is 0.0116. The van der Waals surface area contributed by atoms with Gasteiger partial charge in [-0.2, -0.15) is 0 Å². The largest absolute Gasteiger partial charge is 0.310 e. The summed E-state index contributed by atoms with van der Waals surface area (Å²) in [6.07, 6.45) is 1.27. The van der Waals surface area contributed by atoms with Crippen molar-refractivity contribution in [3.8, 4) is 11.1 Å². The molecule has 1 heterocycles. The third-order valence-electron chi connectivity index (χ3n) is 4.74. The van der Waals surface area contributed by atoms with Gasteiger partial charge in [-0.3, -0.25) is 19.6 Å². The standard InChI is InChI=1S/C19H16N4O5S/c1-11-20-17-9-3-12-2-8-15(10-16(12)18(17)19(24)21-11)29(27,28)22-13-4-6-14(7-5-13)23(25)26/h2,4-8,10,22H,3,9H2,1H3,(H,20,21,24). The molecular formula is C19H16N4O5S. The first-order valence-electron chi connectivity index (χ1n) is 8.75. The Morgan fingerprint density at radius 2 is 1.86 bits per heavy atom. The molecule has 9 nitrogen and oxygen atoms in total. The van der Waals surface area contributed by atoms with Gasteiger partial charge in [0.15, 0.2) is 0 Å². The Balaban J connectivity index is 1.73. The second kappa shape index (κ2) is 6.82. The summed E-state index contributed by atoms with van der Waals surface area (Å²) in [5, 5.41) is 10.7. The highest BCUT2D eigenvalue weighted by atomic mass is 32.2. The molecule has 2 N–H and O–H groups in total. The van der Waals surface area contributed by atoms with Crippen molar-refractivity contribution in [3.63, 3.8) is 0 Å². The van der Waals surface area contributed by atoms with Crippen molar-refractivity contribution >= 4 is 21.4 Å². The summed E-state index contributed by atoms with van der Waals surface area (Å²) < 4.78 is 28.0. The Bertz CT molecular complexity index is 1300. The minimum atomic E-state index is -3.96. The summed E-state index contributed by atoms with van der Waals surface area (Å²) in [5.74, 6) is 0.515. The fourth-order valence-electron chi connectivity index (χ4n) is 3.39. The number of aromatic nitrogens is 2. The third-order valence-corrected chi connectivity index (χ3v) is 6.11. The smallest absolute Gasteiger partial charge is 0.269 e. The van der Waals surface area contributed by atoms with E-state index in [4.69, 9.17) is 0 Å². The van der Waals surface area contributed by atoms with Gasteiger partial charge in [0.25, 0.3) is 21.3 Å². The molecule has 0 spiro atoms. The quantitative estimate of drug-likeness (QED) is 0.499. The lowest BCUT2D eigenvalue weighted by molar-refractivity contribution is -0.384. The number of non-ortho nitro benzene ring substituents is 1. The van der Waals surface area contributed by atoms with Gasteiger partial charge in [-0.05, 0) is 55.2 Å². The fourth-order valence-corrected chi connectivity index (χ4v) is 4.48. The molecule has 0 aliphatic heterocycles. The van der Waals surface area contributed by atoms with E-state index < -0.39 is 14.9 Å². The van der Waals surface area contributed by atoms with E-state index in [2.05, 4.69) is 14.7 Å². The van der Waals surface area contributed by atoms with E-state index in [-0.39, 0.29) is 21.8 Å². The lowest BCUT2D eigenvalue weighted by Gasteiger charge is -2.19. The first-order valence-corrected chi connectivity index (χ1v) is 10.2. The molecule has 2 aromatic carbocycles. The first-order chi connectivity index (χ1) is 13.7. The van der Waals surface area contributed by atoms with Gasteiger partial charge in [-0.15, -0.1) is 0 Å². The number of anilines is 1. The summed E-state index contributed by atoms with van der Waals surface area (Å²) in [4.78, 5) is 29.7. The van der Waals surface area contributed by atoms with E-state index in [1.54, 1.807) is 13.0 Å². The van der Waals surface area contributed by atoms with Gasteiger partial charge in [0.1, 0.15) is 5.82 Å². The van der Waals surface area contributed by atoms with Crippen LogP contribution in [-0.2, 0) is 22.9 Å². The number of sulfonamides is 1. The normalized spacial score (nSPS) is 12.7. The number of hydrogen-bond acceptors (Lipinski definition) is 6. The molecular weight excluding hydrogens is 396 g/mol. The zero-order chi connectivity index (χ0) is 20.8. The summed E-state index contributed by atoms with van der Waals surface area (Å²) >= 11 is 0. The zero-order valence-corrected chi connectivity index (χ0v) is 16.1. The van der Waals surface area contributed by atoms with Crippen LogP contribution >= 0.6 is 0 Å². The average Bonchev–Trinajstić information content (AvgIpc) is 2.67. The topological polar surface area (TPSA) is 135 Å². The molecule has 0 fully saturated rings. The van der Waals surface area contributed by atoms with Crippen LogP contribution in [0.15, 0.2) is 52.2 Å². The van der Waals surface area contributed by atoms with Crippen molar-refractivity contribution in [3.05, 3.63) is 80.0 Å². The van der Waals surface area contributed by atoms with Crippen LogP contribution in [0, 0.1) is 17.0 Å². The summed E-state index contributed by atoms with van der Waals surface area (Å²) in [6.45, 7) is 1.70. The van der Waals surface area contributed by atoms with Crippen LogP contribution in [0.3, 0.4) is 0 Å². The molecule has 0 bridgehead atoms. The number of nitro groups is 1. The Morgan fingerprint density at radius 1 is 1.14 bits per heavy atom. The van der Waals surface area contributed by atoms with Crippen LogP contribution in [0.5, 0.6) is 0 Å². The van der Waals surface area contributed by atoms with Gasteiger partial charge in [0, 0.05) is 17.8 Å². The van der Waals surface area contributed by atoms with Gasteiger partial charge in [-0.25, -0.2) is 13.4 Å². The van der Waals surface area contributed by atoms with Gasteiger partial charge >= 0.3 is 0 Å². The molecule has 1 aliphatic carbocycles. The average molecular weight is 412 g/mol. The van der Waals surface area contributed by atoms with Crippen molar-refractivity contribution in [2.45, 2.75) is 24.7 Å². The van der Waals surface area contributed by atoms with E-state index in [0.29, 0.717) is 35.5 Å². The summed E-state index contributed by atoms with van der Waals surface area (Å²) in [5.41, 5.74) is 2.23. The second-order valence-corrected chi connectivity index (χ2v) is 8.38. The van der Waals surface area contributed by atoms with E-state index in [1.807, 2.05) is 0 Å². The van der Waals surface area contributed by atoms with Crippen LogP contribution in [0.4, 0.5) is 11.4 Å². The van der Waals surface area contributed by atoms with Crippen LogP contribution in [0.1, 0.15) is 17.1 Å². The highest BCUT2D eigenvalue weighted by Gasteiger charge is 2.24. The number of benzene rings is 2. The fraction of sp³-hybridized carbons (Fsp3) is 0.158. The van der Waals surface area contributed by atoms with E-state index >= 15 is 0 Å². The molecule has 1 aliphatic rings. The van der Waals surface area contributed by atoms with Crippen molar-refractivity contribution < 1.29 is 13.3 Å². The zero-order valence-electron chi connectivity index (χ0n) is 15.3. The van der Waals surface area contributed by atoms with Crippen LogP contribution in [-0.4, -0.2) is 23.3 Å². The minimum Gasteiger partial charge on any atom is -0.310 e. The predicted octanol–water partition coefficient (Wildman–Crippen LogP) is 2.55. The molecule has 0 saturated heterocycles. The number of nitro benzene ring substituents is 1. The maximum absolute atomic E-state index is 12.8. The van der Waals surface area contributed by atoms with Crippen LogP contribution in [0.2, 0.25) is 0 Å². The second-order valence-electron chi connectivity index (χ2n) is 6.70. The van der Waals surface area contributed by atoms with Crippen molar-refractivity contribution in [1.82, 2.24) is 9.97 Å². The van der Waals surface area contributed by atoms with E-state index in [0.717, 1.165) is 5.56 Å².